The summed E-state index contributed by atoms with van der Waals surface area (Å²) in [6.07, 6.45) is 2.04. The first-order valence-electron chi connectivity index (χ1n) is 8.80. The number of ether oxygens (including phenoxy) is 1. The molecule has 0 unspecified atom stereocenters. The van der Waals surface area contributed by atoms with Crippen molar-refractivity contribution in [2.45, 2.75) is 64.8 Å². The summed E-state index contributed by atoms with van der Waals surface area (Å²) in [6, 6.07) is 0.138. The van der Waals surface area contributed by atoms with Crippen molar-refractivity contribution >= 4 is 16.7 Å². The predicted molar refractivity (Wildman–Crippen MR) is 93.9 cm³/mol. The minimum absolute atomic E-state index is 0.0961. The van der Waals surface area contributed by atoms with Crippen molar-refractivity contribution in [1.29, 1.82) is 0 Å². The molecule has 0 saturated carbocycles. The van der Waals surface area contributed by atoms with Crippen LogP contribution in [0.1, 0.15) is 40.5 Å². The summed E-state index contributed by atoms with van der Waals surface area (Å²) in [5.41, 5.74) is 0. The van der Waals surface area contributed by atoms with Gasteiger partial charge in [-0.2, -0.15) is 0 Å². The van der Waals surface area contributed by atoms with Crippen LogP contribution in [-0.4, -0.2) is 75.9 Å². The van der Waals surface area contributed by atoms with E-state index in [0.29, 0.717) is 0 Å². The molecule has 134 valence electrons. The molecule has 0 aromatic heterocycles. The van der Waals surface area contributed by atoms with Crippen LogP contribution < -0.4 is 0 Å². The second-order valence-electron chi connectivity index (χ2n) is 7.43. The summed E-state index contributed by atoms with van der Waals surface area (Å²) >= 11 is 0. The van der Waals surface area contributed by atoms with Gasteiger partial charge in [0.1, 0.15) is 0 Å². The van der Waals surface area contributed by atoms with Crippen LogP contribution in [-0.2, 0) is 20.3 Å². The van der Waals surface area contributed by atoms with Gasteiger partial charge < -0.3 is 9.64 Å². The predicted octanol–water partition coefficient (Wildman–Crippen LogP) is 1.49. The summed E-state index contributed by atoms with van der Waals surface area (Å²) < 4.78 is 17.4. The zero-order valence-electron chi connectivity index (χ0n) is 15.2. The lowest BCUT2D eigenvalue weighted by atomic mass is 9.98. The molecule has 2 saturated heterocycles. The number of hydrogen-bond donors (Lipinski definition) is 0. The smallest absolute Gasteiger partial charge is 0.240 e. The second-order valence-corrected chi connectivity index (χ2v) is 9.12. The summed E-state index contributed by atoms with van der Waals surface area (Å²) in [6.45, 7) is 10.0. The van der Waals surface area contributed by atoms with Crippen molar-refractivity contribution in [3.63, 3.8) is 0 Å². The van der Waals surface area contributed by atoms with Crippen LogP contribution in [0, 0.1) is 5.92 Å². The van der Waals surface area contributed by atoms with E-state index in [4.69, 9.17) is 4.74 Å². The number of carbonyl (C=O) groups is 1. The van der Waals surface area contributed by atoms with Gasteiger partial charge in [0.2, 0.25) is 5.91 Å². The van der Waals surface area contributed by atoms with E-state index in [9.17, 15) is 9.00 Å². The van der Waals surface area contributed by atoms with Gasteiger partial charge in [0, 0.05) is 48.5 Å². The molecule has 6 heteroatoms. The second kappa shape index (κ2) is 8.08. The molecular formula is C17H32N2O3S. The third-order valence-corrected chi connectivity index (χ3v) is 6.36. The Hall–Kier alpha value is -0.460. The summed E-state index contributed by atoms with van der Waals surface area (Å²) in [7, 11) is 1.23. The molecule has 2 rings (SSSR count). The molecule has 0 aliphatic carbocycles. The van der Waals surface area contributed by atoms with E-state index in [2.05, 4.69) is 32.6 Å². The average Bonchev–Trinajstić information content (AvgIpc) is 2.46. The normalized spacial score (nSPS) is 34.3. The Labute approximate surface area is 143 Å². The molecule has 0 spiro atoms. The molecule has 2 heterocycles. The molecular weight excluding hydrogens is 312 g/mol. The fourth-order valence-electron chi connectivity index (χ4n) is 3.87. The Balaban J connectivity index is 2.07. The molecule has 5 nitrogen and oxygen atoms in total. The van der Waals surface area contributed by atoms with E-state index >= 15 is 0 Å². The van der Waals surface area contributed by atoms with Gasteiger partial charge in [-0.3, -0.25) is 13.9 Å². The molecule has 0 aromatic rings. The van der Waals surface area contributed by atoms with Crippen molar-refractivity contribution in [2.24, 2.45) is 5.92 Å². The van der Waals surface area contributed by atoms with Gasteiger partial charge in [0.05, 0.1) is 18.2 Å². The number of morpholine rings is 1. The van der Waals surface area contributed by atoms with Crippen LogP contribution in [0.15, 0.2) is 0 Å². The van der Waals surface area contributed by atoms with Crippen molar-refractivity contribution in [1.82, 2.24) is 9.80 Å². The number of carbonyl (C=O) groups excluding carboxylic acids is 1. The van der Waals surface area contributed by atoms with Crippen LogP contribution in [0.4, 0.5) is 0 Å². The standard InChI is InChI=1S/C17H32N2O3S/c1-12(2)16(19-10-13(3)22-14(4)11-19)17(20)18(5)15-6-8-23(21)9-7-15/h12-16H,6-11H2,1-5H3/t13-,14-,15?,16+,23?/m1/s1. The topological polar surface area (TPSA) is 49.9 Å². The van der Waals surface area contributed by atoms with E-state index in [1.54, 1.807) is 0 Å². The monoisotopic (exact) mass is 344 g/mol. The highest BCUT2D eigenvalue weighted by atomic mass is 32.2. The molecule has 2 aliphatic heterocycles. The third kappa shape index (κ3) is 4.77. The number of nitrogens with zero attached hydrogens (tertiary/aromatic N) is 2. The Kier molecular flexibility index (Phi) is 6.63. The molecule has 0 N–H and O–H groups in total. The number of likely N-dealkylation sites (N-methyl/N-ethyl adjacent to an activating group) is 1. The van der Waals surface area contributed by atoms with Gasteiger partial charge in [-0.15, -0.1) is 0 Å². The Morgan fingerprint density at radius 3 is 2.17 bits per heavy atom. The first kappa shape index (κ1) is 18.9. The number of hydrogen-bond acceptors (Lipinski definition) is 4. The summed E-state index contributed by atoms with van der Waals surface area (Å²) in [5, 5.41) is 0. The van der Waals surface area contributed by atoms with Gasteiger partial charge in [0.25, 0.3) is 0 Å². The van der Waals surface area contributed by atoms with E-state index in [0.717, 1.165) is 37.4 Å². The number of amides is 1. The highest BCUT2D eigenvalue weighted by molar-refractivity contribution is 7.85. The Morgan fingerprint density at radius 2 is 1.70 bits per heavy atom. The maximum Gasteiger partial charge on any atom is 0.240 e. The first-order chi connectivity index (χ1) is 10.8. The van der Waals surface area contributed by atoms with Crippen LogP contribution in [0.2, 0.25) is 0 Å². The van der Waals surface area contributed by atoms with Gasteiger partial charge >= 0.3 is 0 Å². The maximum atomic E-state index is 13.1. The lowest BCUT2D eigenvalue weighted by Gasteiger charge is -2.43. The lowest BCUT2D eigenvalue weighted by molar-refractivity contribution is -0.146. The van der Waals surface area contributed by atoms with E-state index in [1.807, 2.05) is 11.9 Å². The van der Waals surface area contributed by atoms with Gasteiger partial charge in [-0.25, -0.2) is 0 Å². The zero-order chi connectivity index (χ0) is 17.1. The number of rotatable bonds is 4. The van der Waals surface area contributed by atoms with E-state index in [-0.39, 0.29) is 36.1 Å². The highest BCUT2D eigenvalue weighted by Gasteiger charge is 2.37. The van der Waals surface area contributed by atoms with Crippen molar-refractivity contribution < 1.29 is 13.7 Å². The van der Waals surface area contributed by atoms with Crippen LogP contribution in [0.25, 0.3) is 0 Å². The largest absolute Gasteiger partial charge is 0.373 e. The third-order valence-electron chi connectivity index (χ3n) is 4.98. The van der Waals surface area contributed by atoms with Crippen LogP contribution >= 0.6 is 0 Å². The Morgan fingerprint density at radius 1 is 1.17 bits per heavy atom. The fraction of sp³-hybridized carbons (Fsp3) is 0.941. The van der Waals surface area contributed by atoms with Crippen molar-refractivity contribution in [2.75, 3.05) is 31.6 Å². The van der Waals surface area contributed by atoms with Crippen molar-refractivity contribution in [3.8, 4) is 0 Å². The van der Waals surface area contributed by atoms with Crippen LogP contribution in [0.3, 0.4) is 0 Å². The molecule has 0 radical (unpaired) electrons. The molecule has 0 aromatic carbocycles. The van der Waals surface area contributed by atoms with Crippen molar-refractivity contribution in [3.05, 3.63) is 0 Å². The average molecular weight is 345 g/mol. The SMILES string of the molecule is CC(C)[C@@H](C(=O)N(C)C1CCS(=O)CC1)N1C[C@@H](C)O[C@H](C)C1. The molecule has 3 atom stereocenters. The van der Waals surface area contributed by atoms with E-state index in [1.165, 1.54) is 0 Å². The fourth-order valence-corrected chi connectivity index (χ4v) is 5.14. The summed E-state index contributed by atoms with van der Waals surface area (Å²) in [5.74, 6) is 1.92. The molecule has 23 heavy (non-hydrogen) atoms. The lowest BCUT2D eigenvalue weighted by Crippen LogP contribution is -2.58. The van der Waals surface area contributed by atoms with Gasteiger partial charge in [0.15, 0.2) is 0 Å². The molecule has 0 bridgehead atoms. The first-order valence-corrected chi connectivity index (χ1v) is 10.3. The highest BCUT2D eigenvalue weighted by Crippen LogP contribution is 2.23. The Bertz CT molecular complexity index is 424. The zero-order valence-corrected chi connectivity index (χ0v) is 16.0. The molecule has 2 aliphatic rings. The molecule has 1 amide bonds. The molecule has 2 fully saturated rings. The summed E-state index contributed by atoms with van der Waals surface area (Å²) in [4.78, 5) is 17.4. The van der Waals surface area contributed by atoms with Gasteiger partial charge in [-0.05, 0) is 32.6 Å². The van der Waals surface area contributed by atoms with Gasteiger partial charge in [-0.1, -0.05) is 13.8 Å². The minimum atomic E-state index is -0.689. The maximum absolute atomic E-state index is 13.1. The van der Waals surface area contributed by atoms with E-state index < -0.39 is 10.8 Å². The minimum Gasteiger partial charge on any atom is -0.373 e. The quantitative estimate of drug-likeness (QED) is 0.775. The van der Waals surface area contributed by atoms with Crippen LogP contribution in [0.5, 0.6) is 0 Å².